The molecule has 0 unspecified atom stereocenters. The van der Waals surface area contributed by atoms with E-state index in [1.165, 1.54) is 12.3 Å². The predicted molar refractivity (Wildman–Crippen MR) is 93.6 cm³/mol. The molecule has 0 spiro atoms. The van der Waals surface area contributed by atoms with E-state index in [0.717, 1.165) is 17.3 Å². The average molecular weight is 430 g/mol. The number of hydrogen-bond acceptors (Lipinski definition) is 5. The van der Waals surface area contributed by atoms with Crippen molar-refractivity contribution >= 4 is 44.0 Å². The van der Waals surface area contributed by atoms with Gasteiger partial charge in [0.2, 0.25) is 5.95 Å². The van der Waals surface area contributed by atoms with E-state index in [1.54, 1.807) is 12.1 Å². The van der Waals surface area contributed by atoms with Crippen molar-refractivity contribution < 1.29 is 5.11 Å². The number of aromatic nitrogens is 2. The molecular formula is C14H14Br2N4O2. The van der Waals surface area contributed by atoms with E-state index in [9.17, 15) is 9.90 Å². The van der Waals surface area contributed by atoms with Crippen molar-refractivity contribution in [1.82, 2.24) is 9.97 Å². The first-order valence-corrected chi connectivity index (χ1v) is 8.15. The Morgan fingerprint density at radius 3 is 2.91 bits per heavy atom. The second-order valence-electron chi connectivity index (χ2n) is 4.53. The first-order chi connectivity index (χ1) is 10.5. The summed E-state index contributed by atoms with van der Waals surface area (Å²) in [5.41, 5.74) is 3.65. The highest BCUT2D eigenvalue weighted by Crippen LogP contribution is 2.30. The van der Waals surface area contributed by atoms with E-state index in [-0.39, 0.29) is 17.3 Å². The summed E-state index contributed by atoms with van der Waals surface area (Å²) in [6.45, 7) is 2.02. The Morgan fingerprint density at radius 1 is 1.41 bits per heavy atom. The highest BCUT2D eigenvalue weighted by atomic mass is 79.9. The molecular weight excluding hydrogens is 416 g/mol. The van der Waals surface area contributed by atoms with Gasteiger partial charge in [0.1, 0.15) is 5.75 Å². The van der Waals surface area contributed by atoms with Gasteiger partial charge < -0.3 is 5.11 Å². The minimum Gasteiger partial charge on any atom is -0.506 e. The Morgan fingerprint density at radius 2 is 2.18 bits per heavy atom. The van der Waals surface area contributed by atoms with Crippen LogP contribution in [0.5, 0.6) is 5.75 Å². The number of benzene rings is 1. The third-order valence-electron chi connectivity index (χ3n) is 2.73. The molecule has 0 amide bonds. The van der Waals surface area contributed by atoms with Crippen molar-refractivity contribution in [2.45, 2.75) is 19.8 Å². The van der Waals surface area contributed by atoms with Crippen LogP contribution in [0.2, 0.25) is 0 Å². The summed E-state index contributed by atoms with van der Waals surface area (Å²) in [6.07, 6.45) is 3.07. The third-order valence-corrected chi connectivity index (χ3v) is 3.79. The Labute approximate surface area is 143 Å². The molecule has 0 saturated carbocycles. The average Bonchev–Trinajstić information content (AvgIpc) is 2.44. The Bertz CT molecular complexity index is 759. The molecule has 2 rings (SSSR count). The van der Waals surface area contributed by atoms with Gasteiger partial charge >= 0.3 is 0 Å². The lowest BCUT2D eigenvalue weighted by atomic mass is 10.2. The molecule has 22 heavy (non-hydrogen) atoms. The molecule has 0 fully saturated rings. The quantitative estimate of drug-likeness (QED) is 0.501. The Kier molecular flexibility index (Phi) is 5.73. The van der Waals surface area contributed by atoms with Crippen LogP contribution in [0.15, 0.2) is 37.0 Å². The van der Waals surface area contributed by atoms with Crippen LogP contribution in [0.25, 0.3) is 0 Å². The van der Waals surface area contributed by atoms with Gasteiger partial charge in [-0.3, -0.25) is 9.78 Å². The standard InChI is InChI=1S/C14H14Br2N4O2/c1-2-3-10-6-12(21)19-14(18-10)20-17-7-8-4-9(15)5-11(16)13(8)22/h4-7,22H,2-3H2,1H3,(H2,18,19,20,21)/b17-7-. The van der Waals surface area contributed by atoms with Gasteiger partial charge in [0, 0.05) is 21.8 Å². The van der Waals surface area contributed by atoms with Gasteiger partial charge in [-0.2, -0.15) is 5.10 Å². The zero-order valence-corrected chi connectivity index (χ0v) is 14.9. The van der Waals surface area contributed by atoms with E-state index in [0.29, 0.717) is 15.7 Å². The first kappa shape index (κ1) is 16.7. The van der Waals surface area contributed by atoms with Crippen molar-refractivity contribution in [2.24, 2.45) is 5.10 Å². The molecule has 1 aromatic heterocycles. The summed E-state index contributed by atoms with van der Waals surface area (Å²) >= 11 is 6.59. The Hall–Kier alpha value is -1.67. The molecule has 0 radical (unpaired) electrons. The van der Waals surface area contributed by atoms with Crippen LogP contribution in [0.3, 0.4) is 0 Å². The lowest BCUT2D eigenvalue weighted by molar-refractivity contribution is 0.471. The molecule has 0 aliphatic rings. The molecule has 8 heteroatoms. The molecule has 0 aliphatic heterocycles. The van der Waals surface area contributed by atoms with E-state index < -0.39 is 0 Å². The fourth-order valence-corrected chi connectivity index (χ4v) is 3.05. The minimum atomic E-state index is -0.232. The van der Waals surface area contributed by atoms with Crippen molar-refractivity contribution in [2.75, 3.05) is 5.43 Å². The number of aryl methyl sites for hydroxylation is 1. The fourth-order valence-electron chi connectivity index (χ4n) is 1.79. The van der Waals surface area contributed by atoms with Gasteiger partial charge in [-0.05, 0) is 34.5 Å². The van der Waals surface area contributed by atoms with Gasteiger partial charge in [-0.25, -0.2) is 10.4 Å². The van der Waals surface area contributed by atoms with Gasteiger partial charge in [-0.1, -0.05) is 29.3 Å². The minimum absolute atomic E-state index is 0.0786. The van der Waals surface area contributed by atoms with Crippen LogP contribution in [-0.4, -0.2) is 21.3 Å². The molecule has 2 aromatic rings. The van der Waals surface area contributed by atoms with Crippen LogP contribution in [-0.2, 0) is 6.42 Å². The normalized spacial score (nSPS) is 11.0. The number of phenolic OH excluding ortho intramolecular Hbond substituents is 1. The summed E-state index contributed by atoms with van der Waals surface area (Å²) in [4.78, 5) is 18.3. The monoisotopic (exact) mass is 428 g/mol. The summed E-state index contributed by atoms with van der Waals surface area (Å²) < 4.78 is 1.36. The second kappa shape index (κ2) is 7.55. The van der Waals surface area contributed by atoms with E-state index in [2.05, 4.69) is 52.4 Å². The van der Waals surface area contributed by atoms with Crippen molar-refractivity contribution in [3.63, 3.8) is 0 Å². The van der Waals surface area contributed by atoms with Crippen molar-refractivity contribution in [1.29, 1.82) is 0 Å². The summed E-state index contributed by atoms with van der Waals surface area (Å²) in [5, 5.41) is 13.9. The zero-order chi connectivity index (χ0) is 16.1. The number of rotatable bonds is 5. The highest BCUT2D eigenvalue weighted by molar-refractivity contribution is 9.11. The van der Waals surface area contributed by atoms with Crippen molar-refractivity contribution in [3.8, 4) is 5.75 Å². The number of anilines is 1. The molecule has 3 N–H and O–H groups in total. The molecule has 1 aromatic carbocycles. The van der Waals surface area contributed by atoms with E-state index in [4.69, 9.17) is 0 Å². The number of halogens is 2. The highest BCUT2D eigenvalue weighted by Gasteiger charge is 2.05. The van der Waals surface area contributed by atoms with Crippen molar-refractivity contribution in [3.05, 3.63) is 48.8 Å². The Balaban J connectivity index is 2.18. The number of hydrogen-bond donors (Lipinski definition) is 3. The van der Waals surface area contributed by atoms with Gasteiger partial charge in [-0.15, -0.1) is 0 Å². The zero-order valence-electron chi connectivity index (χ0n) is 11.7. The van der Waals surface area contributed by atoms with Crippen LogP contribution in [0.4, 0.5) is 5.95 Å². The van der Waals surface area contributed by atoms with E-state index >= 15 is 0 Å². The summed E-state index contributed by atoms with van der Waals surface area (Å²) in [7, 11) is 0. The van der Waals surface area contributed by atoms with Gasteiger partial charge in [0.05, 0.1) is 10.7 Å². The second-order valence-corrected chi connectivity index (χ2v) is 6.30. The topological polar surface area (TPSA) is 90.4 Å². The number of aromatic amines is 1. The maximum absolute atomic E-state index is 11.5. The van der Waals surface area contributed by atoms with Gasteiger partial charge in [0.15, 0.2) is 0 Å². The maximum atomic E-state index is 11.5. The summed E-state index contributed by atoms with van der Waals surface area (Å²) in [6, 6.07) is 4.91. The smallest absolute Gasteiger partial charge is 0.252 e. The lowest BCUT2D eigenvalue weighted by Gasteiger charge is -2.04. The van der Waals surface area contributed by atoms with E-state index in [1.807, 2.05) is 6.92 Å². The molecule has 0 saturated heterocycles. The van der Waals surface area contributed by atoms with Crippen LogP contribution >= 0.6 is 31.9 Å². The molecule has 0 bridgehead atoms. The SMILES string of the molecule is CCCc1cc(=O)[nH]c(N/N=C\c2cc(Br)cc(Br)c2O)n1. The fraction of sp³-hybridized carbons (Fsp3) is 0.214. The molecule has 1 heterocycles. The first-order valence-electron chi connectivity index (χ1n) is 6.57. The lowest BCUT2D eigenvalue weighted by Crippen LogP contribution is -2.12. The molecule has 116 valence electrons. The van der Waals surface area contributed by atoms with Crippen LogP contribution in [0, 0.1) is 0 Å². The number of H-pyrrole nitrogens is 1. The van der Waals surface area contributed by atoms with Gasteiger partial charge in [0.25, 0.3) is 5.56 Å². The molecule has 6 nitrogen and oxygen atoms in total. The number of nitrogens with one attached hydrogen (secondary N) is 2. The largest absolute Gasteiger partial charge is 0.506 e. The molecule has 0 aliphatic carbocycles. The predicted octanol–water partition coefficient (Wildman–Crippen LogP) is 3.40. The number of aromatic hydroxyl groups is 1. The molecule has 0 atom stereocenters. The third kappa shape index (κ3) is 4.41. The number of hydrazone groups is 1. The number of phenols is 1. The summed E-state index contributed by atoms with van der Waals surface area (Å²) in [5.74, 6) is 0.343. The number of nitrogens with zero attached hydrogens (tertiary/aromatic N) is 2. The van der Waals surface area contributed by atoms with Crippen LogP contribution in [0.1, 0.15) is 24.6 Å². The maximum Gasteiger partial charge on any atom is 0.252 e. The van der Waals surface area contributed by atoms with Crippen LogP contribution < -0.4 is 11.0 Å².